The highest BCUT2D eigenvalue weighted by molar-refractivity contribution is 7.62. The van der Waals surface area contributed by atoms with Crippen LogP contribution in [-0.2, 0) is 36.3 Å². The molecule has 0 fully saturated rings. The zero-order valence-electron chi connectivity index (χ0n) is 14.7. The highest BCUT2D eigenvalue weighted by Gasteiger charge is 2.39. The lowest BCUT2D eigenvalue weighted by Crippen LogP contribution is -2.03. The summed E-state index contributed by atoms with van der Waals surface area (Å²) in [6.45, 7) is 7.52. The van der Waals surface area contributed by atoms with Crippen molar-refractivity contribution in [2.24, 2.45) is 0 Å². The first kappa shape index (κ1) is 26.4. The first-order valence-corrected chi connectivity index (χ1v) is 10.6. The average Bonchev–Trinajstić information content (AvgIpc) is 2.49. The molecular formula is C12H30O10P2. The lowest BCUT2D eigenvalue weighted by atomic mass is 10.7. The summed E-state index contributed by atoms with van der Waals surface area (Å²) in [5.74, 6) is 0. The van der Waals surface area contributed by atoms with E-state index in [1.807, 2.05) is 0 Å². The Kier molecular flexibility index (Phi) is 18.2. The van der Waals surface area contributed by atoms with E-state index in [-0.39, 0.29) is 39.6 Å². The van der Waals surface area contributed by atoms with Crippen molar-refractivity contribution in [1.82, 2.24) is 0 Å². The van der Waals surface area contributed by atoms with Gasteiger partial charge in [0.25, 0.3) is 0 Å². The monoisotopic (exact) mass is 396 g/mol. The van der Waals surface area contributed by atoms with Crippen LogP contribution in [0.2, 0.25) is 0 Å². The van der Waals surface area contributed by atoms with Crippen LogP contribution < -0.4 is 0 Å². The van der Waals surface area contributed by atoms with Gasteiger partial charge in [0.2, 0.25) is 0 Å². The van der Waals surface area contributed by atoms with Gasteiger partial charge < -0.3 is 14.9 Å². The van der Waals surface area contributed by atoms with E-state index >= 15 is 0 Å². The smallest absolute Gasteiger partial charge is 0.394 e. The molecule has 0 aromatic heterocycles. The molecular weight excluding hydrogens is 366 g/mol. The Labute approximate surface area is 143 Å². The maximum absolute atomic E-state index is 12.0. The maximum Gasteiger partial charge on any atom is 0.483 e. The van der Waals surface area contributed by atoms with Crippen LogP contribution >= 0.6 is 15.6 Å². The van der Waals surface area contributed by atoms with Gasteiger partial charge in [-0.1, -0.05) is 0 Å². The van der Waals surface area contributed by atoms with Crippen LogP contribution in [-0.4, -0.2) is 63.1 Å². The molecule has 2 N–H and O–H groups in total. The summed E-state index contributed by atoms with van der Waals surface area (Å²) in [5, 5.41) is 16.2. The quantitative estimate of drug-likeness (QED) is 0.333. The van der Waals surface area contributed by atoms with Gasteiger partial charge in [0.15, 0.2) is 0 Å². The summed E-state index contributed by atoms with van der Waals surface area (Å²) < 4.78 is 52.7. The van der Waals surface area contributed by atoms with E-state index < -0.39 is 15.6 Å². The third-order valence-electron chi connectivity index (χ3n) is 1.82. The second-order valence-electron chi connectivity index (χ2n) is 3.71. The largest absolute Gasteiger partial charge is 0.483 e. The molecule has 0 aliphatic carbocycles. The number of phosphoric acid groups is 2. The second kappa shape index (κ2) is 16.6. The minimum Gasteiger partial charge on any atom is -0.394 e. The normalized spacial score (nSPS) is 11.9. The molecule has 10 nitrogen and oxygen atoms in total. The summed E-state index contributed by atoms with van der Waals surface area (Å²) >= 11 is 0. The molecule has 0 saturated heterocycles. The Bertz CT molecular complexity index is 314. The number of aliphatic hydroxyl groups excluding tert-OH is 2. The van der Waals surface area contributed by atoms with Crippen LogP contribution in [0.15, 0.2) is 0 Å². The first-order chi connectivity index (χ1) is 11.4. The molecule has 12 heteroatoms. The van der Waals surface area contributed by atoms with E-state index in [4.69, 9.17) is 32.6 Å². The Morgan fingerprint density at radius 3 is 1.17 bits per heavy atom. The lowest BCUT2D eigenvalue weighted by molar-refractivity contribution is 0.0650. The molecule has 0 spiro atoms. The number of rotatable bonds is 14. The van der Waals surface area contributed by atoms with Crippen molar-refractivity contribution in [3.63, 3.8) is 0 Å². The Balaban J connectivity index is 0. The Morgan fingerprint density at radius 2 is 0.958 bits per heavy atom. The molecule has 0 unspecified atom stereocenters. The molecule has 0 aromatic carbocycles. The highest BCUT2D eigenvalue weighted by atomic mass is 31.3. The van der Waals surface area contributed by atoms with Gasteiger partial charge in [-0.25, -0.2) is 9.13 Å². The van der Waals surface area contributed by atoms with E-state index in [1.165, 1.54) is 0 Å². The van der Waals surface area contributed by atoms with Crippen molar-refractivity contribution >= 4 is 15.6 Å². The van der Waals surface area contributed by atoms with E-state index in [0.717, 1.165) is 0 Å². The van der Waals surface area contributed by atoms with Gasteiger partial charge in [-0.15, -0.1) is 0 Å². The topological polar surface area (TPSA) is 130 Å². The van der Waals surface area contributed by atoms with Gasteiger partial charge in [-0.05, 0) is 27.7 Å². The number of hydrogen-bond acceptors (Lipinski definition) is 10. The average molecular weight is 396 g/mol. The standard InChI is InChI=1S/C8H20O7P2.C4H10O3/c1-5-11-16(9,12-6-2)15-17(10,13-7-3)14-8-4;5-1-3-7-4-2-6/h5-8H2,1-4H3;5-6H,1-4H2. The van der Waals surface area contributed by atoms with Crippen molar-refractivity contribution in [3.05, 3.63) is 0 Å². The van der Waals surface area contributed by atoms with Crippen LogP contribution in [0.1, 0.15) is 27.7 Å². The molecule has 0 radical (unpaired) electrons. The number of phosphoric ester groups is 2. The van der Waals surface area contributed by atoms with Crippen LogP contribution in [0.5, 0.6) is 0 Å². The van der Waals surface area contributed by atoms with Crippen LogP contribution in [0.3, 0.4) is 0 Å². The van der Waals surface area contributed by atoms with Gasteiger partial charge >= 0.3 is 15.6 Å². The second-order valence-corrected chi connectivity index (χ2v) is 7.18. The fourth-order valence-corrected chi connectivity index (χ4v) is 4.30. The van der Waals surface area contributed by atoms with Gasteiger partial charge in [0.05, 0.1) is 52.9 Å². The third-order valence-corrected chi connectivity index (χ3v) is 5.72. The van der Waals surface area contributed by atoms with Gasteiger partial charge in [-0.2, -0.15) is 4.31 Å². The molecule has 0 aliphatic heterocycles. The summed E-state index contributed by atoms with van der Waals surface area (Å²) in [7, 11) is -7.83. The van der Waals surface area contributed by atoms with Gasteiger partial charge in [0, 0.05) is 0 Å². The van der Waals surface area contributed by atoms with Gasteiger partial charge in [-0.3, -0.25) is 18.1 Å². The molecule has 24 heavy (non-hydrogen) atoms. The lowest BCUT2D eigenvalue weighted by Gasteiger charge is -2.21. The molecule has 0 aromatic rings. The van der Waals surface area contributed by atoms with Crippen LogP contribution in [0.25, 0.3) is 0 Å². The Morgan fingerprint density at radius 1 is 0.667 bits per heavy atom. The molecule has 0 aliphatic rings. The van der Waals surface area contributed by atoms with E-state index in [9.17, 15) is 9.13 Å². The van der Waals surface area contributed by atoms with Crippen molar-refractivity contribution in [2.75, 3.05) is 52.9 Å². The van der Waals surface area contributed by atoms with Crippen molar-refractivity contribution in [2.45, 2.75) is 27.7 Å². The number of ether oxygens (including phenoxy) is 1. The summed E-state index contributed by atoms with van der Waals surface area (Å²) in [5.41, 5.74) is 0. The van der Waals surface area contributed by atoms with E-state index in [2.05, 4.69) is 4.74 Å². The maximum atomic E-state index is 12.0. The van der Waals surface area contributed by atoms with Crippen molar-refractivity contribution < 1.29 is 46.5 Å². The Hall–Kier alpha value is 0.140. The minimum atomic E-state index is -3.91. The zero-order chi connectivity index (χ0) is 18.9. The zero-order valence-corrected chi connectivity index (χ0v) is 16.5. The SMILES string of the molecule is CCOP(=O)(OCC)OP(=O)(OCC)OCC.OCCOCCO. The first-order valence-electron chi connectivity index (χ1n) is 7.65. The molecule has 0 heterocycles. The fraction of sp³-hybridized carbons (Fsp3) is 1.00. The highest BCUT2D eigenvalue weighted by Crippen LogP contribution is 2.65. The van der Waals surface area contributed by atoms with Crippen molar-refractivity contribution in [3.8, 4) is 0 Å². The third kappa shape index (κ3) is 14.5. The molecule has 0 amide bonds. The van der Waals surface area contributed by atoms with Crippen LogP contribution in [0, 0.1) is 0 Å². The molecule has 0 atom stereocenters. The number of aliphatic hydroxyl groups is 2. The predicted octanol–water partition coefficient (Wildman–Crippen LogP) is 2.35. The predicted molar refractivity (Wildman–Crippen MR) is 87.8 cm³/mol. The molecule has 148 valence electrons. The molecule has 0 bridgehead atoms. The minimum absolute atomic E-state index is 0.0278. The van der Waals surface area contributed by atoms with E-state index in [0.29, 0.717) is 13.2 Å². The van der Waals surface area contributed by atoms with E-state index in [1.54, 1.807) is 27.7 Å². The van der Waals surface area contributed by atoms with Gasteiger partial charge in [0.1, 0.15) is 0 Å². The number of hydrogen-bond donors (Lipinski definition) is 2. The molecule has 0 rings (SSSR count). The molecule has 0 saturated carbocycles. The summed E-state index contributed by atoms with van der Waals surface area (Å²) in [4.78, 5) is 0. The van der Waals surface area contributed by atoms with Crippen molar-refractivity contribution in [1.29, 1.82) is 0 Å². The summed E-state index contributed by atoms with van der Waals surface area (Å²) in [6.07, 6.45) is 0. The summed E-state index contributed by atoms with van der Waals surface area (Å²) in [6, 6.07) is 0. The fourth-order valence-electron chi connectivity index (χ4n) is 1.15. The van der Waals surface area contributed by atoms with Crippen LogP contribution in [0.4, 0.5) is 0 Å².